The number of sulfonamides is 1. The van der Waals surface area contributed by atoms with Gasteiger partial charge in [-0.2, -0.15) is 0 Å². The van der Waals surface area contributed by atoms with E-state index in [0.29, 0.717) is 19.1 Å². The Balaban J connectivity index is 1.66. The molecule has 1 aliphatic heterocycles. The zero-order valence-electron chi connectivity index (χ0n) is 10.3. The van der Waals surface area contributed by atoms with Gasteiger partial charge in [0, 0.05) is 18.7 Å². The summed E-state index contributed by atoms with van der Waals surface area (Å²) in [5.74, 6) is 0.204. The van der Waals surface area contributed by atoms with Crippen LogP contribution in [-0.4, -0.2) is 45.5 Å². The maximum atomic E-state index is 11.8. The average Bonchev–Trinajstić information content (AvgIpc) is 3.00. The summed E-state index contributed by atoms with van der Waals surface area (Å²) in [6.07, 6.45) is 3.92. The summed E-state index contributed by atoms with van der Waals surface area (Å²) >= 11 is 0. The van der Waals surface area contributed by atoms with Crippen LogP contribution >= 0.6 is 0 Å². The molecule has 0 aromatic carbocycles. The molecule has 1 saturated carbocycles. The van der Waals surface area contributed by atoms with Crippen molar-refractivity contribution < 1.29 is 13.2 Å². The average molecular weight is 262 g/mol. The lowest BCUT2D eigenvalue weighted by Gasteiger charge is -2.16. The van der Waals surface area contributed by atoms with Crippen LogP contribution in [0.2, 0.25) is 0 Å². The lowest BCUT2D eigenvalue weighted by Crippen LogP contribution is -2.40. The molecule has 2 fully saturated rings. The van der Waals surface area contributed by atoms with E-state index in [1.165, 1.54) is 12.8 Å². The van der Waals surface area contributed by atoms with Crippen molar-refractivity contribution >= 4 is 10.0 Å². The minimum Gasteiger partial charge on any atom is -0.377 e. The minimum atomic E-state index is -3.15. The lowest BCUT2D eigenvalue weighted by atomic mass is 10.2. The van der Waals surface area contributed by atoms with Crippen LogP contribution in [0, 0.1) is 0 Å². The Morgan fingerprint density at radius 3 is 2.65 bits per heavy atom. The van der Waals surface area contributed by atoms with E-state index in [9.17, 15) is 8.42 Å². The molecule has 0 spiro atoms. The van der Waals surface area contributed by atoms with Crippen molar-refractivity contribution in [2.24, 2.45) is 0 Å². The molecule has 1 heterocycles. The van der Waals surface area contributed by atoms with Crippen LogP contribution in [-0.2, 0) is 14.8 Å². The fraction of sp³-hybridized carbons (Fsp3) is 1.00. The molecule has 5 nitrogen and oxygen atoms in total. The summed E-state index contributed by atoms with van der Waals surface area (Å²) in [6.45, 7) is 3.36. The zero-order valence-corrected chi connectivity index (χ0v) is 11.1. The summed E-state index contributed by atoms with van der Waals surface area (Å²) in [6, 6.07) is 0.602. The molecule has 0 radical (unpaired) electrons. The molecule has 1 aliphatic carbocycles. The first-order valence-corrected chi connectivity index (χ1v) is 8.07. The first-order valence-electron chi connectivity index (χ1n) is 6.42. The van der Waals surface area contributed by atoms with Gasteiger partial charge in [0.25, 0.3) is 0 Å². The number of hydrogen-bond donors (Lipinski definition) is 2. The Morgan fingerprint density at radius 2 is 2.06 bits per heavy atom. The van der Waals surface area contributed by atoms with Gasteiger partial charge in [0.05, 0.1) is 11.9 Å². The Kier molecular flexibility index (Phi) is 4.41. The molecule has 2 rings (SSSR count). The van der Waals surface area contributed by atoms with Crippen molar-refractivity contribution in [3.63, 3.8) is 0 Å². The van der Waals surface area contributed by atoms with E-state index >= 15 is 0 Å². The van der Waals surface area contributed by atoms with Gasteiger partial charge in [-0.15, -0.1) is 0 Å². The molecule has 0 bridgehead atoms. The van der Waals surface area contributed by atoms with Crippen LogP contribution in [0.15, 0.2) is 0 Å². The smallest absolute Gasteiger partial charge is 0.211 e. The highest BCUT2D eigenvalue weighted by atomic mass is 32.2. The molecular weight excluding hydrogens is 240 g/mol. The van der Waals surface area contributed by atoms with Gasteiger partial charge in [-0.05, 0) is 39.2 Å². The van der Waals surface area contributed by atoms with Gasteiger partial charge in [-0.3, -0.25) is 0 Å². The minimum absolute atomic E-state index is 0.00522. The number of rotatable bonds is 7. The summed E-state index contributed by atoms with van der Waals surface area (Å²) in [5, 5.41) is 3.31. The fourth-order valence-electron chi connectivity index (χ4n) is 2.03. The molecule has 100 valence electrons. The van der Waals surface area contributed by atoms with Crippen molar-refractivity contribution in [2.45, 2.75) is 50.8 Å². The molecule has 1 saturated heterocycles. The van der Waals surface area contributed by atoms with Crippen molar-refractivity contribution in [1.29, 1.82) is 0 Å². The summed E-state index contributed by atoms with van der Waals surface area (Å²) in [4.78, 5) is 0. The largest absolute Gasteiger partial charge is 0.377 e. The van der Waals surface area contributed by atoms with Crippen LogP contribution in [0.3, 0.4) is 0 Å². The van der Waals surface area contributed by atoms with E-state index in [2.05, 4.69) is 10.0 Å². The normalized spacial score (nSPS) is 29.7. The predicted octanol–water partition coefficient (Wildman–Crippen LogP) is 0.225. The first kappa shape index (κ1) is 13.3. The number of hydrogen-bond acceptors (Lipinski definition) is 4. The third-order valence-electron chi connectivity index (χ3n) is 3.31. The van der Waals surface area contributed by atoms with Crippen LogP contribution < -0.4 is 10.0 Å². The molecule has 2 aliphatic rings. The van der Waals surface area contributed by atoms with Gasteiger partial charge in [0.15, 0.2) is 0 Å². The van der Waals surface area contributed by atoms with Gasteiger partial charge >= 0.3 is 0 Å². The third kappa shape index (κ3) is 4.54. The Labute approximate surface area is 103 Å². The highest BCUT2D eigenvalue weighted by Crippen LogP contribution is 2.18. The summed E-state index contributed by atoms with van der Waals surface area (Å²) in [5.41, 5.74) is 0. The van der Waals surface area contributed by atoms with E-state index in [-0.39, 0.29) is 17.9 Å². The van der Waals surface area contributed by atoms with E-state index in [4.69, 9.17) is 4.74 Å². The van der Waals surface area contributed by atoms with Crippen molar-refractivity contribution in [1.82, 2.24) is 10.0 Å². The van der Waals surface area contributed by atoms with E-state index < -0.39 is 10.0 Å². The lowest BCUT2D eigenvalue weighted by molar-refractivity contribution is 0.117. The standard InChI is InChI=1S/C11H22N2O3S/c1-9-11(5-7-16-9)13-17(14,15)8-2-6-12-10-3-4-10/h9-13H,2-8H2,1H3. The SMILES string of the molecule is CC1OCCC1NS(=O)(=O)CCCNC1CC1. The number of nitrogens with one attached hydrogen (secondary N) is 2. The second-order valence-corrected chi connectivity index (χ2v) is 6.86. The maximum absolute atomic E-state index is 11.8. The second kappa shape index (κ2) is 5.65. The van der Waals surface area contributed by atoms with Crippen LogP contribution in [0.4, 0.5) is 0 Å². The van der Waals surface area contributed by atoms with Gasteiger partial charge in [0.1, 0.15) is 0 Å². The van der Waals surface area contributed by atoms with Gasteiger partial charge in [-0.25, -0.2) is 13.1 Å². The third-order valence-corrected chi connectivity index (χ3v) is 4.80. The van der Waals surface area contributed by atoms with E-state index in [1.807, 2.05) is 6.92 Å². The van der Waals surface area contributed by atoms with Gasteiger partial charge in [-0.1, -0.05) is 0 Å². The van der Waals surface area contributed by atoms with Crippen molar-refractivity contribution in [3.05, 3.63) is 0 Å². The van der Waals surface area contributed by atoms with Crippen LogP contribution in [0.1, 0.15) is 32.6 Å². The summed E-state index contributed by atoms with van der Waals surface area (Å²) in [7, 11) is -3.15. The molecule has 0 amide bonds. The van der Waals surface area contributed by atoms with Gasteiger partial charge in [0.2, 0.25) is 10.0 Å². The number of ether oxygens (including phenoxy) is 1. The fourth-order valence-corrected chi connectivity index (χ4v) is 3.44. The van der Waals surface area contributed by atoms with Crippen molar-refractivity contribution in [2.75, 3.05) is 18.9 Å². The highest BCUT2D eigenvalue weighted by molar-refractivity contribution is 7.89. The van der Waals surface area contributed by atoms with Crippen LogP contribution in [0.5, 0.6) is 0 Å². The topological polar surface area (TPSA) is 67.4 Å². The molecule has 0 aromatic heterocycles. The predicted molar refractivity (Wildman–Crippen MR) is 66.4 cm³/mol. The molecule has 6 heteroatoms. The molecule has 17 heavy (non-hydrogen) atoms. The van der Waals surface area contributed by atoms with Gasteiger partial charge < -0.3 is 10.1 Å². The van der Waals surface area contributed by atoms with Crippen LogP contribution in [0.25, 0.3) is 0 Å². The molecule has 2 N–H and O–H groups in total. The Bertz CT molecular complexity index is 341. The Morgan fingerprint density at radius 1 is 1.29 bits per heavy atom. The van der Waals surface area contributed by atoms with Crippen molar-refractivity contribution in [3.8, 4) is 0 Å². The maximum Gasteiger partial charge on any atom is 0.211 e. The molecule has 0 aromatic rings. The quantitative estimate of drug-likeness (QED) is 0.644. The molecule has 2 unspecified atom stereocenters. The summed E-state index contributed by atoms with van der Waals surface area (Å²) < 4.78 is 31.7. The monoisotopic (exact) mass is 262 g/mol. The Hall–Kier alpha value is -0.170. The second-order valence-electron chi connectivity index (χ2n) is 4.99. The van der Waals surface area contributed by atoms with E-state index in [0.717, 1.165) is 13.0 Å². The zero-order chi connectivity index (χ0) is 12.3. The molecular formula is C11H22N2O3S. The first-order chi connectivity index (χ1) is 8.07. The van der Waals surface area contributed by atoms with E-state index in [1.54, 1.807) is 0 Å². The molecule has 2 atom stereocenters. The highest BCUT2D eigenvalue weighted by Gasteiger charge is 2.28.